The number of carbonyl (C=O) groups excluding carboxylic acids is 1. The SMILES string of the molecule is Cc1cc(=O)c(C(=O)N2CC(C)CC(C(=O)O)C2)nn1-c1ccccc1F. The van der Waals surface area contributed by atoms with Crippen molar-refractivity contribution >= 4 is 11.9 Å². The number of aryl methyl sites for hydroxylation is 1. The van der Waals surface area contributed by atoms with E-state index in [1.165, 1.54) is 33.8 Å². The monoisotopic (exact) mass is 373 g/mol. The van der Waals surface area contributed by atoms with Crippen LogP contribution in [0.25, 0.3) is 5.69 Å². The smallest absolute Gasteiger partial charge is 0.308 e. The first kappa shape index (κ1) is 18.8. The number of halogens is 1. The minimum absolute atomic E-state index is 0.0111. The van der Waals surface area contributed by atoms with Crippen LogP contribution < -0.4 is 5.43 Å². The van der Waals surface area contributed by atoms with Crippen molar-refractivity contribution in [2.45, 2.75) is 20.3 Å². The summed E-state index contributed by atoms with van der Waals surface area (Å²) in [5, 5.41) is 13.4. The lowest BCUT2D eigenvalue weighted by atomic mass is 9.90. The first-order valence-electron chi connectivity index (χ1n) is 8.66. The Morgan fingerprint density at radius 1 is 1.26 bits per heavy atom. The van der Waals surface area contributed by atoms with Crippen LogP contribution in [-0.2, 0) is 4.79 Å². The fourth-order valence-electron chi connectivity index (χ4n) is 3.41. The minimum Gasteiger partial charge on any atom is -0.481 e. The van der Waals surface area contributed by atoms with E-state index in [0.29, 0.717) is 18.7 Å². The maximum absolute atomic E-state index is 14.1. The Bertz CT molecular complexity index is 956. The van der Waals surface area contributed by atoms with E-state index in [1.54, 1.807) is 13.0 Å². The van der Waals surface area contributed by atoms with Crippen LogP contribution in [0.2, 0.25) is 0 Å². The molecule has 0 bridgehead atoms. The van der Waals surface area contributed by atoms with Crippen molar-refractivity contribution in [2.75, 3.05) is 13.1 Å². The van der Waals surface area contributed by atoms with Gasteiger partial charge in [0.05, 0.1) is 5.92 Å². The largest absolute Gasteiger partial charge is 0.481 e. The highest BCUT2D eigenvalue weighted by atomic mass is 19.1. The third-order valence-corrected chi connectivity index (χ3v) is 4.69. The average Bonchev–Trinajstić information content (AvgIpc) is 2.61. The van der Waals surface area contributed by atoms with E-state index >= 15 is 0 Å². The molecule has 0 aliphatic carbocycles. The zero-order valence-corrected chi connectivity index (χ0v) is 15.1. The Hall–Kier alpha value is -3.03. The van der Waals surface area contributed by atoms with Gasteiger partial charge < -0.3 is 10.0 Å². The van der Waals surface area contributed by atoms with Crippen LogP contribution in [0.3, 0.4) is 0 Å². The zero-order chi connectivity index (χ0) is 19.7. The van der Waals surface area contributed by atoms with Gasteiger partial charge in [-0.2, -0.15) is 5.10 Å². The molecule has 1 aliphatic heterocycles. The number of carboxylic acid groups (broad SMARTS) is 1. The summed E-state index contributed by atoms with van der Waals surface area (Å²) < 4.78 is 15.3. The van der Waals surface area contributed by atoms with Gasteiger partial charge in [-0.3, -0.25) is 14.4 Å². The quantitative estimate of drug-likeness (QED) is 0.887. The molecule has 1 N–H and O–H groups in total. The van der Waals surface area contributed by atoms with Gasteiger partial charge in [0.1, 0.15) is 11.5 Å². The van der Waals surface area contributed by atoms with Crippen LogP contribution in [0.1, 0.15) is 29.5 Å². The van der Waals surface area contributed by atoms with E-state index in [2.05, 4.69) is 5.10 Å². The topological polar surface area (TPSA) is 92.5 Å². The van der Waals surface area contributed by atoms with Crippen LogP contribution in [0.4, 0.5) is 4.39 Å². The molecule has 3 rings (SSSR count). The molecule has 2 aromatic rings. The standard InChI is InChI=1S/C19H20FN3O4/c1-11-7-13(19(26)27)10-22(9-11)18(25)17-16(24)8-12(2)23(21-17)15-6-4-3-5-14(15)20/h3-6,8,11,13H,7,9-10H2,1-2H3,(H,26,27). The van der Waals surface area contributed by atoms with Gasteiger partial charge in [-0.15, -0.1) is 0 Å². The van der Waals surface area contributed by atoms with Crippen molar-refractivity contribution in [3.05, 3.63) is 57.8 Å². The zero-order valence-electron chi connectivity index (χ0n) is 15.1. The van der Waals surface area contributed by atoms with E-state index in [4.69, 9.17) is 0 Å². The molecule has 7 nitrogen and oxygen atoms in total. The van der Waals surface area contributed by atoms with E-state index < -0.39 is 29.0 Å². The fourth-order valence-corrected chi connectivity index (χ4v) is 3.41. The van der Waals surface area contributed by atoms with Crippen LogP contribution in [0.5, 0.6) is 0 Å². The number of aliphatic carboxylic acids is 1. The van der Waals surface area contributed by atoms with Crippen molar-refractivity contribution in [1.29, 1.82) is 0 Å². The number of carboxylic acids is 1. The van der Waals surface area contributed by atoms with Gasteiger partial charge in [0.15, 0.2) is 5.69 Å². The highest BCUT2D eigenvalue weighted by Gasteiger charge is 2.33. The fraction of sp³-hybridized carbons (Fsp3) is 0.368. The van der Waals surface area contributed by atoms with Crippen molar-refractivity contribution in [2.24, 2.45) is 11.8 Å². The van der Waals surface area contributed by atoms with Gasteiger partial charge in [0, 0.05) is 24.8 Å². The van der Waals surface area contributed by atoms with Crippen molar-refractivity contribution in [3.8, 4) is 5.69 Å². The van der Waals surface area contributed by atoms with E-state index in [0.717, 1.165) is 0 Å². The second-order valence-electron chi connectivity index (χ2n) is 6.95. The number of rotatable bonds is 3. The third kappa shape index (κ3) is 3.74. The van der Waals surface area contributed by atoms with Crippen LogP contribution in [0.15, 0.2) is 35.1 Å². The van der Waals surface area contributed by atoms with Gasteiger partial charge in [-0.05, 0) is 31.4 Å². The molecular weight excluding hydrogens is 353 g/mol. The Morgan fingerprint density at radius 2 is 1.96 bits per heavy atom. The van der Waals surface area contributed by atoms with Crippen LogP contribution in [-0.4, -0.2) is 44.8 Å². The third-order valence-electron chi connectivity index (χ3n) is 4.69. The number of para-hydroxylation sites is 1. The number of carbonyl (C=O) groups is 2. The van der Waals surface area contributed by atoms with Crippen molar-refractivity contribution in [1.82, 2.24) is 14.7 Å². The number of likely N-dealkylation sites (tertiary alicyclic amines) is 1. The molecule has 0 radical (unpaired) electrons. The molecule has 1 aromatic carbocycles. The molecule has 2 unspecified atom stereocenters. The van der Waals surface area contributed by atoms with Gasteiger partial charge >= 0.3 is 5.97 Å². The van der Waals surface area contributed by atoms with Gasteiger partial charge in [0.25, 0.3) is 5.91 Å². The normalized spacial score (nSPS) is 19.7. The predicted molar refractivity (Wildman–Crippen MR) is 95.3 cm³/mol. The average molecular weight is 373 g/mol. The lowest BCUT2D eigenvalue weighted by Gasteiger charge is -2.34. The number of aromatic nitrogens is 2. The molecule has 1 amide bonds. The van der Waals surface area contributed by atoms with E-state index in [1.807, 2.05) is 6.92 Å². The molecule has 2 atom stereocenters. The maximum atomic E-state index is 14.1. The summed E-state index contributed by atoms with van der Waals surface area (Å²) in [7, 11) is 0. The van der Waals surface area contributed by atoms with Crippen molar-refractivity contribution < 1.29 is 19.1 Å². The summed E-state index contributed by atoms with van der Waals surface area (Å²) in [6.07, 6.45) is 0.472. The maximum Gasteiger partial charge on any atom is 0.308 e. The lowest BCUT2D eigenvalue weighted by molar-refractivity contribution is -0.143. The van der Waals surface area contributed by atoms with Crippen LogP contribution >= 0.6 is 0 Å². The van der Waals surface area contributed by atoms with E-state index in [9.17, 15) is 23.9 Å². The highest BCUT2D eigenvalue weighted by molar-refractivity contribution is 5.92. The van der Waals surface area contributed by atoms with E-state index in [-0.39, 0.29) is 23.8 Å². The number of benzene rings is 1. The molecule has 1 fully saturated rings. The molecule has 27 heavy (non-hydrogen) atoms. The number of amides is 1. The second-order valence-corrected chi connectivity index (χ2v) is 6.95. The molecule has 1 saturated heterocycles. The Balaban J connectivity index is 2.00. The molecule has 0 saturated carbocycles. The first-order chi connectivity index (χ1) is 12.8. The minimum atomic E-state index is -0.972. The second kappa shape index (κ2) is 7.30. The summed E-state index contributed by atoms with van der Waals surface area (Å²) in [5.41, 5.74) is -0.408. The number of hydrogen-bond acceptors (Lipinski definition) is 4. The van der Waals surface area contributed by atoms with Gasteiger partial charge in [-0.25, -0.2) is 9.07 Å². The van der Waals surface area contributed by atoms with Crippen LogP contribution in [0, 0.1) is 24.6 Å². The molecule has 0 spiro atoms. The summed E-state index contributed by atoms with van der Waals surface area (Å²) in [5.74, 6) is -2.84. The summed E-state index contributed by atoms with van der Waals surface area (Å²) >= 11 is 0. The van der Waals surface area contributed by atoms with Gasteiger partial charge in [0.2, 0.25) is 5.43 Å². The predicted octanol–water partition coefficient (Wildman–Crippen LogP) is 1.86. The Kier molecular flexibility index (Phi) is 5.07. The van der Waals surface area contributed by atoms with Gasteiger partial charge in [-0.1, -0.05) is 19.1 Å². The summed E-state index contributed by atoms with van der Waals surface area (Å²) in [6.45, 7) is 3.82. The molecule has 1 aliphatic rings. The highest BCUT2D eigenvalue weighted by Crippen LogP contribution is 2.23. The molecule has 2 heterocycles. The molecule has 1 aromatic heterocycles. The first-order valence-corrected chi connectivity index (χ1v) is 8.66. The Morgan fingerprint density at radius 3 is 2.63 bits per heavy atom. The summed E-state index contributed by atoms with van der Waals surface area (Å²) in [4.78, 5) is 37.9. The number of nitrogens with zero attached hydrogens (tertiary/aromatic N) is 3. The van der Waals surface area contributed by atoms with Crippen molar-refractivity contribution in [3.63, 3.8) is 0 Å². The molecular formula is C19H20FN3O4. The molecule has 142 valence electrons. The lowest BCUT2D eigenvalue weighted by Crippen LogP contribution is -2.47. The number of piperidine rings is 1. The Labute approximate surface area is 155 Å². The summed E-state index contributed by atoms with van der Waals surface area (Å²) in [6, 6.07) is 7.15. The molecule has 8 heteroatoms. The number of hydrogen-bond donors (Lipinski definition) is 1.